The summed E-state index contributed by atoms with van der Waals surface area (Å²) in [7, 11) is -4.13. The van der Waals surface area contributed by atoms with E-state index in [1.807, 2.05) is 42.2 Å². The van der Waals surface area contributed by atoms with Crippen LogP contribution < -0.4 is 26.4 Å². The number of carboxylic acids is 1. The van der Waals surface area contributed by atoms with Gasteiger partial charge < -0.3 is 15.6 Å². The third-order valence-electron chi connectivity index (χ3n) is 4.91. The molecule has 0 spiro atoms. The van der Waals surface area contributed by atoms with Gasteiger partial charge in [-0.25, -0.2) is 18.0 Å². The Labute approximate surface area is 217 Å². The average Bonchev–Trinajstić information content (AvgIpc) is 2.85. The Morgan fingerprint density at radius 1 is 1.10 bits per heavy atom. The number of sulfonamides is 1. The molecule has 0 aliphatic rings. The van der Waals surface area contributed by atoms with Crippen molar-refractivity contribution in [3.8, 4) is 5.75 Å². The molecule has 0 amide bonds. The number of nitrogens with one attached hydrogen (secondary N) is 3. The minimum Gasteiger partial charge on any atom is -0.489 e. The van der Waals surface area contributed by atoms with Gasteiger partial charge in [0.15, 0.2) is 5.69 Å². The average molecular weight is 568 g/mol. The van der Waals surface area contributed by atoms with Crippen LogP contribution in [0.1, 0.15) is 11.3 Å². The summed E-state index contributed by atoms with van der Waals surface area (Å²) in [6, 6.07) is 15.4. The molecule has 2 aromatic carbocycles. The summed E-state index contributed by atoms with van der Waals surface area (Å²) in [5.74, 6) is -2.68. The van der Waals surface area contributed by atoms with Gasteiger partial charge in [-0.2, -0.15) is 13.2 Å². The fourth-order valence-electron chi connectivity index (χ4n) is 3.19. The molecule has 39 heavy (non-hydrogen) atoms. The lowest BCUT2D eigenvalue weighted by Gasteiger charge is -2.11. The molecule has 0 aliphatic heterocycles. The first-order chi connectivity index (χ1) is 18.2. The second kappa shape index (κ2) is 11.3. The van der Waals surface area contributed by atoms with Crippen LogP contribution in [0.5, 0.6) is 5.75 Å². The van der Waals surface area contributed by atoms with Crippen LogP contribution in [0.3, 0.4) is 0 Å². The Balaban J connectivity index is 0.000000532. The van der Waals surface area contributed by atoms with Crippen molar-refractivity contribution in [2.24, 2.45) is 0 Å². The van der Waals surface area contributed by atoms with Gasteiger partial charge in [0.2, 0.25) is 0 Å². The lowest BCUT2D eigenvalue weighted by atomic mass is 10.1. The van der Waals surface area contributed by atoms with Gasteiger partial charge in [0.1, 0.15) is 18.2 Å². The molecule has 0 fully saturated rings. The molecule has 0 saturated heterocycles. The van der Waals surface area contributed by atoms with Crippen LogP contribution in [-0.4, -0.2) is 40.6 Å². The summed E-state index contributed by atoms with van der Waals surface area (Å²) in [4.78, 5) is 40.4. The number of para-hydroxylation sites is 1. The second-order valence-electron chi connectivity index (χ2n) is 7.81. The highest BCUT2D eigenvalue weighted by Crippen LogP contribution is 2.23. The molecule has 12 nitrogen and oxygen atoms in total. The number of aromatic amines is 2. The van der Waals surface area contributed by atoms with E-state index in [-0.39, 0.29) is 17.3 Å². The van der Waals surface area contributed by atoms with Crippen LogP contribution in [-0.2, 0) is 21.4 Å². The van der Waals surface area contributed by atoms with E-state index < -0.39 is 39.1 Å². The number of H-pyrrole nitrogens is 2. The van der Waals surface area contributed by atoms with Gasteiger partial charge in [0, 0.05) is 16.6 Å². The van der Waals surface area contributed by atoms with Crippen molar-refractivity contribution >= 4 is 38.4 Å². The number of fused-ring (bicyclic) bond motifs is 1. The number of carboxylic acid groups (broad SMARTS) is 1. The number of aromatic nitrogens is 3. The number of carbonyl (C=O) groups is 1. The number of alkyl halides is 3. The number of ether oxygens (including phenoxy) is 1. The Morgan fingerprint density at radius 3 is 2.31 bits per heavy atom. The molecule has 2 aromatic heterocycles. The topological polar surface area (TPSA) is 197 Å². The Kier molecular flexibility index (Phi) is 8.29. The summed E-state index contributed by atoms with van der Waals surface area (Å²) >= 11 is 0. The van der Waals surface area contributed by atoms with Gasteiger partial charge in [0.05, 0.1) is 10.4 Å². The van der Waals surface area contributed by atoms with E-state index in [0.29, 0.717) is 5.75 Å². The molecule has 4 rings (SSSR count). The number of anilines is 2. The number of nitrogens with zero attached hydrogens (tertiary/aromatic N) is 1. The lowest BCUT2D eigenvalue weighted by molar-refractivity contribution is -0.192. The SMILES string of the molecule is Cc1cc(COc2ccc(S(=O)(=O)Nc3c(N)[nH]c(=O)[nH]c3=O)cc2)c2ccccc2n1.O=C(O)C(F)(F)F. The number of benzene rings is 2. The molecule has 0 aliphatic carbocycles. The van der Waals surface area contributed by atoms with E-state index >= 15 is 0 Å². The highest BCUT2D eigenvalue weighted by atomic mass is 32.2. The van der Waals surface area contributed by atoms with Gasteiger partial charge >= 0.3 is 17.8 Å². The number of aryl methyl sites for hydroxylation is 1. The number of pyridine rings is 1. The Morgan fingerprint density at radius 2 is 1.72 bits per heavy atom. The monoisotopic (exact) mass is 567 g/mol. The van der Waals surface area contributed by atoms with Crippen LogP contribution >= 0.6 is 0 Å². The highest BCUT2D eigenvalue weighted by molar-refractivity contribution is 7.92. The smallest absolute Gasteiger partial charge is 0.489 e. The minimum atomic E-state index is -5.08. The number of rotatable bonds is 6. The van der Waals surface area contributed by atoms with Gasteiger partial charge in [-0.1, -0.05) is 18.2 Å². The summed E-state index contributed by atoms with van der Waals surface area (Å²) in [5, 5.41) is 8.10. The first-order valence-corrected chi connectivity index (χ1v) is 12.2. The standard InChI is InChI=1S/C21H19N5O5S.C2HF3O2/c1-12-10-13(16-4-2-3-5-17(16)23-12)11-31-14-6-8-15(9-7-14)32(29,30)26-18-19(22)24-21(28)25-20(18)27;3-2(4,5)1(6)7/h2-10,26H,11H2,1H3,(H4,22,24,25,27,28);(H,6,7). The molecule has 0 unspecified atom stereocenters. The van der Waals surface area contributed by atoms with Crippen LogP contribution in [0.15, 0.2) is 69.1 Å². The third-order valence-corrected chi connectivity index (χ3v) is 6.27. The maximum absolute atomic E-state index is 12.6. The predicted molar refractivity (Wildman–Crippen MR) is 134 cm³/mol. The van der Waals surface area contributed by atoms with Crippen LogP contribution in [0.25, 0.3) is 10.9 Å². The number of aliphatic carboxylic acids is 1. The molecule has 4 aromatic rings. The summed E-state index contributed by atoms with van der Waals surface area (Å²) in [6.07, 6.45) is -5.08. The molecule has 0 atom stereocenters. The largest absolute Gasteiger partial charge is 0.490 e. The maximum atomic E-state index is 12.6. The first-order valence-electron chi connectivity index (χ1n) is 10.7. The van der Waals surface area contributed by atoms with Crippen LogP contribution in [0.2, 0.25) is 0 Å². The summed E-state index contributed by atoms with van der Waals surface area (Å²) in [5.41, 5.74) is 5.99. The van der Waals surface area contributed by atoms with Crippen molar-refractivity contribution in [1.82, 2.24) is 15.0 Å². The molecule has 0 saturated carbocycles. The van der Waals surface area contributed by atoms with E-state index in [0.717, 1.165) is 22.2 Å². The van der Waals surface area contributed by atoms with E-state index in [1.54, 1.807) is 0 Å². The summed E-state index contributed by atoms with van der Waals surface area (Å²) < 4.78 is 64.9. The normalized spacial score (nSPS) is 11.4. The zero-order valence-electron chi connectivity index (χ0n) is 19.9. The van der Waals surface area contributed by atoms with Gasteiger partial charge in [-0.05, 0) is 43.3 Å². The molecular formula is C23H20F3N5O7S. The third kappa shape index (κ3) is 7.35. The van der Waals surface area contributed by atoms with Crippen LogP contribution in [0, 0.1) is 6.92 Å². The highest BCUT2D eigenvalue weighted by Gasteiger charge is 2.38. The van der Waals surface area contributed by atoms with Crippen molar-refractivity contribution in [1.29, 1.82) is 0 Å². The predicted octanol–water partition coefficient (Wildman–Crippen LogP) is 2.52. The zero-order valence-corrected chi connectivity index (χ0v) is 20.7. The number of hydrogen-bond donors (Lipinski definition) is 5. The van der Waals surface area contributed by atoms with E-state index in [9.17, 15) is 31.2 Å². The van der Waals surface area contributed by atoms with E-state index in [1.165, 1.54) is 24.3 Å². The molecule has 6 N–H and O–H groups in total. The number of nitrogens with two attached hydrogens (primary N) is 1. The molecule has 16 heteroatoms. The molecule has 206 valence electrons. The van der Waals surface area contributed by atoms with Crippen molar-refractivity contribution < 1.29 is 36.2 Å². The van der Waals surface area contributed by atoms with Gasteiger partial charge in [0.25, 0.3) is 15.6 Å². The molecular weight excluding hydrogens is 547 g/mol. The first kappa shape index (κ1) is 28.7. The van der Waals surface area contributed by atoms with Crippen LogP contribution in [0.4, 0.5) is 24.7 Å². The van der Waals surface area contributed by atoms with Crippen molar-refractivity contribution in [2.45, 2.75) is 24.6 Å². The molecule has 0 bridgehead atoms. The quantitative estimate of drug-likeness (QED) is 0.232. The van der Waals surface area contributed by atoms with Crippen molar-refractivity contribution in [3.05, 3.63) is 86.7 Å². The fourth-order valence-corrected chi connectivity index (χ4v) is 4.27. The summed E-state index contributed by atoms with van der Waals surface area (Å²) in [6.45, 7) is 2.18. The Bertz CT molecular complexity index is 1730. The lowest BCUT2D eigenvalue weighted by Crippen LogP contribution is -2.29. The van der Waals surface area contributed by atoms with Crippen molar-refractivity contribution in [2.75, 3.05) is 10.5 Å². The van der Waals surface area contributed by atoms with Gasteiger partial charge in [-0.3, -0.25) is 24.5 Å². The molecule has 0 radical (unpaired) electrons. The second-order valence-corrected chi connectivity index (χ2v) is 9.49. The van der Waals surface area contributed by atoms with E-state index in [2.05, 4.69) is 14.7 Å². The maximum Gasteiger partial charge on any atom is 0.490 e. The molecule has 2 heterocycles. The Hall–Kier alpha value is -4.86. The van der Waals surface area contributed by atoms with E-state index in [4.69, 9.17) is 20.4 Å². The van der Waals surface area contributed by atoms with Crippen molar-refractivity contribution in [3.63, 3.8) is 0 Å². The minimum absolute atomic E-state index is 0.111. The fraction of sp³-hybridized carbons (Fsp3) is 0.130. The number of hydrogen-bond acceptors (Lipinski definition) is 8. The zero-order chi connectivity index (χ0) is 29.0. The number of nitrogen functional groups attached to an aromatic ring is 1. The van der Waals surface area contributed by atoms with Gasteiger partial charge in [-0.15, -0.1) is 0 Å². The number of halogens is 3.